The third-order valence-corrected chi connectivity index (χ3v) is 7.07. The summed E-state index contributed by atoms with van der Waals surface area (Å²) in [5.74, 6) is 0.666. The molecule has 1 aliphatic rings. The fourth-order valence-corrected chi connectivity index (χ4v) is 4.88. The van der Waals surface area contributed by atoms with Crippen molar-refractivity contribution in [3.05, 3.63) is 64.3 Å². The molecule has 0 N–H and O–H groups in total. The quantitative estimate of drug-likeness (QED) is 0.409. The molecule has 1 saturated carbocycles. The van der Waals surface area contributed by atoms with Gasteiger partial charge in [-0.05, 0) is 77.8 Å². The summed E-state index contributed by atoms with van der Waals surface area (Å²) in [5, 5.41) is 2.30. The van der Waals surface area contributed by atoms with Gasteiger partial charge in [-0.15, -0.1) is 0 Å². The molecule has 0 radical (unpaired) electrons. The van der Waals surface area contributed by atoms with Crippen LogP contribution < -0.4 is 4.57 Å². The number of aromatic nitrogens is 1. The standard InChI is InChI=1S/C28H36N/c1-18-14-24(28(4,5)6)17-26(20(18)3)27-25-13-12-22(21-10-8-9-11-21)16-23(25)15-19(2)29(27)7/h12-17,21H,8-11H2,1-7H3/q+1/i15D. The van der Waals surface area contributed by atoms with Crippen molar-refractivity contribution in [3.8, 4) is 11.3 Å². The molecule has 2 aromatic carbocycles. The second kappa shape index (κ2) is 7.27. The molecule has 4 rings (SSSR count). The Hall–Kier alpha value is -2.15. The normalized spacial score (nSPS) is 15.9. The molecule has 29 heavy (non-hydrogen) atoms. The molecule has 0 saturated heterocycles. The Bertz CT molecular complexity index is 1130. The fourth-order valence-electron chi connectivity index (χ4n) is 4.88. The number of benzene rings is 2. The molecule has 3 aromatic rings. The highest BCUT2D eigenvalue weighted by atomic mass is 14.9. The molecular formula is C28H36N+. The van der Waals surface area contributed by atoms with E-state index < -0.39 is 0 Å². The van der Waals surface area contributed by atoms with E-state index in [0.717, 1.165) is 11.1 Å². The second-order valence-corrected chi connectivity index (χ2v) is 10.1. The van der Waals surface area contributed by atoms with E-state index in [4.69, 9.17) is 1.37 Å². The average molecular weight is 388 g/mol. The summed E-state index contributed by atoms with van der Waals surface area (Å²) >= 11 is 0. The Morgan fingerprint density at radius 2 is 1.69 bits per heavy atom. The Morgan fingerprint density at radius 3 is 2.34 bits per heavy atom. The van der Waals surface area contributed by atoms with Crippen LogP contribution in [-0.2, 0) is 12.5 Å². The van der Waals surface area contributed by atoms with Gasteiger partial charge in [-0.25, -0.2) is 0 Å². The van der Waals surface area contributed by atoms with Gasteiger partial charge in [-0.1, -0.05) is 51.8 Å². The molecule has 1 nitrogen and oxygen atoms in total. The maximum atomic E-state index is 8.87. The highest BCUT2D eigenvalue weighted by molar-refractivity contribution is 5.94. The zero-order chi connectivity index (χ0) is 21.8. The maximum absolute atomic E-state index is 8.87. The van der Waals surface area contributed by atoms with Gasteiger partial charge in [0.05, 0.1) is 12.3 Å². The molecular weight excluding hydrogens is 350 g/mol. The zero-order valence-corrected chi connectivity index (χ0v) is 19.2. The summed E-state index contributed by atoms with van der Waals surface area (Å²) in [5.41, 5.74) is 9.11. The van der Waals surface area contributed by atoms with Crippen LogP contribution in [0.3, 0.4) is 0 Å². The Labute approximate surface area is 178 Å². The van der Waals surface area contributed by atoms with Crippen molar-refractivity contribution in [3.63, 3.8) is 0 Å². The lowest BCUT2D eigenvalue weighted by atomic mass is 9.82. The minimum atomic E-state index is 0.0988. The van der Waals surface area contributed by atoms with Crippen LogP contribution in [-0.4, -0.2) is 0 Å². The third kappa shape index (κ3) is 3.61. The lowest BCUT2D eigenvalue weighted by Crippen LogP contribution is -2.35. The molecule has 0 atom stereocenters. The first-order valence-electron chi connectivity index (χ1n) is 11.6. The summed E-state index contributed by atoms with van der Waals surface area (Å²) in [6, 6.07) is 12.3. The minimum absolute atomic E-state index is 0.0988. The van der Waals surface area contributed by atoms with Crippen molar-refractivity contribution in [1.29, 1.82) is 0 Å². The number of hydrogen-bond acceptors (Lipinski definition) is 0. The van der Waals surface area contributed by atoms with Crippen molar-refractivity contribution in [2.75, 3.05) is 0 Å². The van der Waals surface area contributed by atoms with Gasteiger partial charge in [0.1, 0.15) is 7.05 Å². The monoisotopic (exact) mass is 387 g/mol. The van der Waals surface area contributed by atoms with E-state index in [9.17, 15) is 0 Å². The van der Waals surface area contributed by atoms with E-state index in [-0.39, 0.29) is 5.41 Å². The van der Waals surface area contributed by atoms with Crippen molar-refractivity contribution < 1.29 is 5.94 Å². The molecule has 152 valence electrons. The first-order valence-corrected chi connectivity index (χ1v) is 11.1. The summed E-state index contributed by atoms with van der Waals surface area (Å²) in [7, 11) is 2.12. The van der Waals surface area contributed by atoms with E-state index in [1.54, 1.807) is 0 Å². The second-order valence-electron chi connectivity index (χ2n) is 10.1. The van der Waals surface area contributed by atoms with Gasteiger partial charge in [-0.2, -0.15) is 4.57 Å². The highest BCUT2D eigenvalue weighted by Gasteiger charge is 2.25. The number of nitrogens with zero attached hydrogens (tertiary/aromatic N) is 1. The molecule has 1 aromatic heterocycles. The number of fused-ring (bicyclic) bond motifs is 1. The van der Waals surface area contributed by atoms with Crippen LogP contribution in [0.15, 0.2) is 36.4 Å². The maximum Gasteiger partial charge on any atom is 0.220 e. The van der Waals surface area contributed by atoms with Crippen molar-refractivity contribution in [2.45, 2.75) is 78.6 Å². The fraction of sp³-hybridized carbons (Fsp3) is 0.464. The van der Waals surface area contributed by atoms with E-state index in [0.29, 0.717) is 12.0 Å². The van der Waals surface area contributed by atoms with Crippen LogP contribution in [0.4, 0.5) is 0 Å². The van der Waals surface area contributed by atoms with Gasteiger partial charge in [-0.3, -0.25) is 0 Å². The lowest BCUT2D eigenvalue weighted by molar-refractivity contribution is -0.665. The number of aryl methyl sites for hydroxylation is 1. The Balaban J connectivity index is 2.03. The van der Waals surface area contributed by atoms with Crippen LogP contribution in [0.25, 0.3) is 22.0 Å². The van der Waals surface area contributed by atoms with Gasteiger partial charge in [0.25, 0.3) is 0 Å². The van der Waals surface area contributed by atoms with E-state index in [1.165, 1.54) is 64.6 Å². The molecule has 1 aliphatic carbocycles. The van der Waals surface area contributed by atoms with E-state index in [2.05, 4.69) is 83.5 Å². The van der Waals surface area contributed by atoms with Gasteiger partial charge in [0.2, 0.25) is 5.69 Å². The zero-order valence-electron chi connectivity index (χ0n) is 20.2. The predicted octanol–water partition coefficient (Wildman–Crippen LogP) is 7.21. The van der Waals surface area contributed by atoms with Crippen molar-refractivity contribution in [1.82, 2.24) is 0 Å². The first-order chi connectivity index (χ1) is 14.1. The molecule has 0 unspecified atom stereocenters. The van der Waals surface area contributed by atoms with E-state index >= 15 is 0 Å². The molecule has 0 aliphatic heterocycles. The molecule has 1 fully saturated rings. The van der Waals surface area contributed by atoms with Crippen molar-refractivity contribution in [2.24, 2.45) is 7.05 Å². The summed E-state index contributed by atoms with van der Waals surface area (Å²) in [4.78, 5) is 0. The molecule has 0 amide bonds. The van der Waals surface area contributed by atoms with Crippen LogP contribution in [0, 0.1) is 20.8 Å². The molecule has 1 heterocycles. The Morgan fingerprint density at radius 1 is 1.00 bits per heavy atom. The summed E-state index contributed by atoms with van der Waals surface area (Å²) < 4.78 is 11.1. The van der Waals surface area contributed by atoms with Crippen LogP contribution in [0.1, 0.15) is 81.7 Å². The number of rotatable bonds is 2. The largest absolute Gasteiger partial charge is 0.220 e. The molecule has 1 heteroatoms. The smallest absolute Gasteiger partial charge is 0.198 e. The molecule has 0 bridgehead atoms. The SMILES string of the molecule is [2H]c1c(C)[n+](C)c(-c2cc(C(C)(C)C)cc(C)c2C)c2ccc(C3CCCC3)cc12. The van der Waals surface area contributed by atoms with Gasteiger partial charge in [0, 0.05) is 13.0 Å². The van der Waals surface area contributed by atoms with Gasteiger partial charge < -0.3 is 0 Å². The topological polar surface area (TPSA) is 3.88 Å². The van der Waals surface area contributed by atoms with Crippen LogP contribution in [0.2, 0.25) is 0 Å². The molecule has 0 spiro atoms. The first kappa shape index (κ1) is 18.9. The lowest BCUT2D eigenvalue weighted by Gasteiger charge is -2.22. The van der Waals surface area contributed by atoms with Crippen LogP contribution >= 0.6 is 0 Å². The van der Waals surface area contributed by atoms with Crippen molar-refractivity contribution >= 4 is 10.8 Å². The third-order valence-electron chi connectivity index (χ3n) is 7.07. The van der Waals surface area contributed by atoms with E-state index in [1.807, 2.05) is 0 Å². The van der Waals surface area contributed by atoms with Gasteiger partial charge in [0.15, 0.2) is 5.69 Å². The van der Waals surface area contributed by atoms with Gasteiger partial charge >= 0.3 is 0 Å². The number of pyridine rings is 1. The average Bonchev–Trinajstić information content (AvgIpc) is 3.23. The summed E-state index contributed by atoms with van der Waals surface area (Å²) in [6.45, 7) is 13.4. The summed E-state index contributed by atoms with van der Waals surface area (Å²) in [6.07, 6.45) is 5.25. The minimum Gasteiger partial charge on any atom is -0.198 e. The van der Waals surface area contributed by atoms with Crippen LogP contribution in [0.5, 0.6) is 0 Å². The number of hydrogen-bond donors (Lipinski definition) is 0. The highest BCUT2D eigenvalue weighted by Crippen LogP contribution is 2.38. The predicted molar refractivity (Wildman–Crippen MR) is 125 cm³/mol. The Kier molecular flexibility index (Phi) is 4.73.